The highest BCUT2D eigenvalue weighted by Gasteiger charge is 2.24. The van der Waals surface area contributed by atoms with Crippen LogP contribution in [-0.4, -0.2) is 67.8 Å². The number of hydrogen-bond acceptors (Lipinski definition) is 7. The van der Waals surface area contributed by atoms with E-state index in [0.29, 0.717) is 22.6 Å². The Bertz CT molecular complexity index is 1200. The number of fused-ring (bicyclic) bond motifs is 2. The van der Waals surface area contributed by atoms with E-state index >= 15 is 0 Å². The van der Waals surface area contributed by atoms with Crippen molar-refractivity contribution in [3.05, 3.63) is 42.5 Å². The molecule has 29 heavy (non-hydrogen) atoms. The molecule has 2 N–H and O–H groups in total. The molecule has 1 aliphatic heterocycles. The number of likely N-dealkylation sites (N-methyl/N-ethyl adjacent to an activating group) is 1. The van der Waals surface area contributed by atoms with Gasteiger partial charge in [-0.1, -0.05) is 13.0 Å². The van der Waals surface area contributed by atoms with E-state index in [4.69, 9.17) is 10.2 Å². The number of aromatic nitrogens is 4. The molecule has 9 heteroatoms. The van der Waals surface area contributed by atoms with E-state index in [1.807, 2.05) is 29.3 Å². The Morgan fingerprint density at radius 2 is 1.93 bits per heavy atom. The number of hydrogen-bond donors (Lipinski definition) is 1. The maximum absolute atomic E-state index is 13.1. The van der Waals surface area contributed by atoms with Crippen molar-refractivity contribution < 1.29 is 9.21 Å². The van der Waals surface area contributed by atoms with Gasteiger partial charge in [0.2, 0.25) is 5.78 Å². The maximum Gasteiger partial charge on any atom is 0.292 e. The van der Waals surface area contributed by atoms with Gasteiger partial charge in [0.1, 0.15) is 11.2 Å². The van der Waals surface area contributed by atoms with Crippen LogP contribution in [0.5, 0.6) is 0 Å². The maximum atomic E-state index is 13.1. The van der Waals surface area contributed by atoms with Crippen molar-refractivity contribution in [2.45, 2.75) is 6.92 Å². The van der Waals surface area contributed by atoms with Crippen molar-refractivity contribution in [3.8, 4) is 11.1 Å². The highest BCUT2D eigenvalue weighted by Crippen LogP contribution is 2.25. The van der Waals surface area contributed by atoms with Crippen LogP contribution in [0.25, 0.3) is 28.0 Å². The van der Waals surface area contributed by atoms with Gasteiger partial charge in [-0.25, -0.2) is 9.97 Å². The molecule has 0 unspecified atom stereocenters. The molecule has 3 aromatic heterocycles. The summed E-state index contributed by atoms with van der Waals surface area (Å²) in [5, 5.41) is 0. The Balaban J connectivity index is 1.49. The smallest absolute Gasteiger partial charge is 0.292 e. The van der Waals surface area contributed by atoms with Gasteiger partial charge in [-0.2, -0.15) is 4.98 Å². The van der Waals surface area contributed by atoms with Gasteiger partial charge < -0.3 is 20.0 Å². The molecule has 0 atom stereocenters. The average molecular weight is 391 g/mol. The normalized spacial score (nSPS) is 15.4. The first-order chi connectivity index (χ1) is 14.1. The standard InChI is InChI=1S/C20H21N7O2/c1-2-25-5-7-26(8-6-25)18(28)16-11-23-20-22-10-14(12-27(16)20)13-3-4-17-15(9-13)24-19(21)29-17/h3-4,9-12H,2,5-8H2,1H3,(H2,21,24). The third kappa shape index (κ3) is 3.09. The first-order valence-corrected chi connectivity index (χ1v) is 9.63. The van der Waals surface area contributed by atoms with E-state index in [1.165, 1.54) is 0 Å². The summed E-state index contributed by atoms with van der Waals surface area (Å²) in [6, 6.07) is 5.76. The molecular weight excluding hydrogens is 370 g/mol. The summed E-state index contributed by atoms with van der Waals surface area (Å²) in [6.45, 7) is 6.37. The molecule has 1 amide bonds. The number of nitrogens with zero attached hydrogens (tertiary/aromatic N) is 6. The summed E-state index contributed by atoms with van der Waals surface area (Å²) in [5.41, 5.74) is 9.22. The molecule has 1 aliphatic rings. The number of piperazine rings is 1. The topological polar surface area (TPSA) is 106 Å². The second-order valence-corrected chi connectivity index (χ2v) is 7.12. The largest absolute Gasteiger partial charge is 0.424 e. The molecule has 0 bridgehead atoms. The lowest BCUT2D eigenvalue weighted by Crippen LogP contribution is -2.48. The number of nitrogens with two attached hydrogens (primary N) is 1. The summed E-state index contributed by atoms with van der Waals surface area (Å²) in [6.07, 6.45) is 5.22. The molecular formula is C20H21N7O2. The van der Waals surface area contributed by atoms with Crippen LogP contribution in [0.2, 0.25) is 0 Å². The molecule has 9 nitrogen and oxygen atoms in total. The third-order valence-electron chi connectivity index (χ3n) is 5.43. The first kappa shape index (κ1) is 17.6. The minimum atomic E-state index is -0.0214. The summed E-state index contributed by atoms with van der Waals surface area (Å²) in [7, 11) is 0. The van der Waals surface area contributed by atoms with E-state index in [2.05, 4.69) is 26.8 Å². The number of oxazole rings is 1. The Kier molecular flexibility index (Phi) is 4.17. The van der Waals surface area contributed by atoms with E-state index in [-0.39, 0.29) is 11.9 Å². The summed E-state index contributed by atoms with van der Waals surface area (Å²) in [5.74, 6) is 0.475. The van der Waals surface area contributed by atoms with Crippen LogP contribution in [0.1, 0.15) is 17.4 Å². The predicted octanol–water partition coefficient (Wildman–Crippen LogP) is 1.90. The van der Waals surface area contributed by atoms with Crippen molar-refractivity contribution >= 4 is 28.8 Å². The molecule has 0 aliphatic carbocycles. The second kappa shape index (κ2) is 6.85. The third-order valence-corrected chi connectivity index (χ3v) is 5.43. The van der Waals surface area contributed by atoms with Crippen molar-refractivity contribution in [2.75, 3.05) is 38.5 Å². The average Bonchev–Trinajstić information content (AvgIpc) is 3.34. The van der Waals surface area contributed by atoms with Gasteiger partial charge in [-0.15, -0.1) is 0 Å². The monoisotopic (exact) mass is 391 g/mol. The lowest BCUT2D eigenvalue weighted by molar-refractivity contribution is 0.0636. The van der Waals surface area contributed by atoms with Gasteiger partial charge in [-0.3, -0.25) is 9.20 Å². The SMILES string of the molecule is CCN1CCN(C(=O)c2cnc3ncc(-c4ccc5oc(N)nc5c4)cn23)CC1. The van der Waals surface area contributed by atoms with Gasteiger partial charge >= 0.3 is 0 Å². The van der Waals surface area contributed by atoms with Crippen LogP contribution in [0.3, 0.4) is 0 Å². The fraction of sp³-hybridized carbons (Fsp3) is 0.300. The van der Waals surface area contributed by atoms with Crippen molar-refractivity contribution in [3.63, 3.8) is 0 Å². The van der Waals surface area contributed by atoms with Crippen LogP contribution < -0.4 is 5.73 Å². The number of rotatable bonds is 3. The highest BCUT2D eigenvalue weighted by atomic mass is 16.4. The Morgan fingerprint density at radius 3 is 2.72 bits per heavy atom. The van der Waals surface area contributed by atoms with Crippen molar-refractivity contribution in [1.82, 2.24) is 29.2 Å². The number of carbonyl (C=O) groups excluding carboxylic acids is 1. The minimum absolute atomic E-state index is 0.0214. The number of carbonyl (C=O) groups is 1. The molecule has 4 aromatic rings. The summed E-state index contributed by atoms with van der Waals surface area (Å²) >= 11 is 0. The second-order valence-electron chi connectivity index (χ2n) is 7.12. The zero-order valence-electron chi connectivity index (χ0n) is 16.1. The van der Waals surface area contributed by atoms with Crippen LogP contribution >= 0.6 is 0 Å². The molecule has 1 fully saturated rings. The summed E-state index contributed by atoms with van der Waals surface area (Å²) in [4.78, 5) is 30.2. The lowest BCUT2D eigenvalue weighted by atomic mass is 10.1. The molecule has 4 heterocycles. The van der Waals surface area contributed by atoms with Crippen molar-refractivity contribution in [1.29, 1.82) is 0 Å². The number of amides is 1. The minimum Gasteiger partial charge on any atom is -0.424 e. The quantitative estimate of drug-likeness (QED) is 0.568. The van der Waals surface area contributed by atoms with Crippen molar-refractivity contribution in [2.24, 2.45) is 0 Å². The van der Waals surface area contributed by atoms with E-state index in [1.54, 1.807) is 16.8 Å². The number of nitrogen functional groups attached to an aromatic ring is 1. The number of imidazole rings is 1. The molecule has 0 radical (unpaired) electrons. The van der Waals surface area contributed by atoms with E-state index < -0.39 is 0 Å². The van der Waals surface area contributed by atoms with Gasteiger partial charge in [-0.05, 0) is 24.2 Å². The Labute approximate surface area is 166 Å². The zero-order chi connectivity index (χ0) is 20.0. The van der Waals surface area contributed by atoms with Gasteiger partial charge in [0.05, 0.1) is 6.20 Å². The van der Waals surface area contributed by atoms with Gasteiger partial charge in [0, 0.05) is 44.1 Å². The molecule has 1 aromatic carbocycles. The van der Waals surface area contributed by atoms with E-state index in [9.17, 15) is 4.79 Å². The predicted molar refractivity (Wildman–Crippen MR) is 108 cm³/mol. The molecule has 0 saturated carbocycles. The Morgan fingerprint density at radius 1 is 1.14 bits per heavy atom. The molecule has 1 saturated heterocycles. The lowest BCUT2D eigenvalue weighted by Gasteiger charge is -2.33. The number of anilines is 1. The first-order valence-electron chi connectivity index (χ1n) is 9.63. The van der Waals surface area contributed by atoms with Gasteiger partial charge in [0.15, 0.2) is 5.58 Å². The fourth-order valence-electron chi connectivity index (χ4n) is 3.73. The molecule has 148 valence electrons. The highest BCUT2D eigenvalue weighted by molar-refractivity contribution is 5.93. The van der Waals surface area contributed by atoms with Crippen LogP contribution in [0.4, 0.5) is 6.01 Å². The number of benzene rings is 1. The van der Waals surface area contributed by atoms with Crippen LogP contribution in [0, 0.1) is 0 Å². The summed E-state index contributed by atoms with van der Waals surface area (Å²) < 4.78 is 7.09. The van der Waals surface area contributed by atoms with Crippen LogP contribution in [0.15, 0.2) is 41.2 Å². The van der Waals surface area contributed by atoms with Crippen LogP contribution in [-0.2, 0) is 0 Å². The Hall–Kier alpha value is -3.46. The zero-order valence-corrected chi connectivity index (χ0v) is 16.1. The molecule has 5 rings (SSSR count). The molecule has 0 spiro atoms. The van der Waals surface area contributed by atoms with Gasteiger partial charge in [0.25, 0.3) is 11.9 Å². The fourth-order valence-corrected chi connectivity index (χ4v) is 3.73. The van der Waals surface area contributed by atoms with E-state index in [0.717, 1.165) is 43.9 Å².